The molecule has 0 saturated carbocycles. The van der Waals surface area contributed by atoms with Crippen molar-refractivity contribution in [3.63, 3.8) is 0 Å². The Kier molecular flexibility index (Phi) is 8.07. The Morgan fingerprint density at radius 1 is 1.29 bits per heavy atom. The molecule has 5 heteroatoms. The third-order valence-corrected chi connectivity index (χ3v) is 4.19. The summed E-state index contributed by atoms with van der Waals surface area (Å²) in [5.41, 5.74) is 13.2. The van der Waals surface area contributed by atoms with Crippen LogP contribution in [0.2, 0.25) is 0 Å². The summed E-state index contributed by atoms with van der Waals surface area (Å²) >= 11 is 3.49. The number of nitrogen functional groups attached to an aromatic ring is 1. The molecular weight excluding hydrogens is 328 g/mol. The quantitative estimate of drug-likeness (QED) is 0.817. The Hall–Kier alpha value is -0.780. The number of likely N-dealkylation sites (N-methyl/N-ethyl adjacent to an activating group) is 1. The van der Waals surface area contributed by atoms with Crippen molar-refractivity contribution in [2.75, 3.05) is 50.9 Å². The fraction of sp³-hybridized carbons (Fsp3) is 0.625. The lowest BCUT2D eigenvalue weighted by atomic mass is 9.98. The van der Waals surface area contributed by atoms with Crippen molar-refractivity contribution in [1.82, 2.24) is 4.90 Å². The van der Waals surface area contributed by atoms with Gasteiger partial charge in [-0.2, -0.15) is 0 Å². The molecule has 120 valence electrons. The Morgan fingerprint density at radius 2 is 1.90 bits per heavy atom. The zero-order valence-electron chi connectivity index (χ0n) is 13.5. The summed E-state index contributed by atoms with van der Waals surface area (Å²) in [7, 11) is 4.01. The van der Waals surface area contributed by atoms with Crippen LogP contribution >= 0.6 is 15.9 Å². The van der Waals surface area contributed by atoms with Gasteiger partial charge in [0.15, 0.2) is 0 Å². The highest BCUT2D eigenvalue weighted by Crippen LogP contribution is 2.30. The minimum atomic E-state index is 0.757. The Labute approximate surface area is 137 Å². The van der Waals surface area contributed by atoms with Gasteiger partial charge in [-0.3, -0.25) is 0 Å². The van der Waals surface area contributed by atoms with E-state index in [1.165, 1.54) is 18.5 Å². The standard InChI is InChI=1S/C12H17BrN2.C4H12N2/c1-9-4-6-15(7-5-9)12-8-10(13)2-3-11(12)14;1-6(2)4-3-5/h2-3,8-9H,4-7,14H2,1H3;3-5H2,1-2H3. The van der Waals surface area contributed by atoms with Gasteiger partial charge in [0, 0.05) is 30.7 Å². The van der Waals surface area contributed by atoms with Crippen molar-refractivity contribution in [1.29, 1.82) is 0 Å². The molecule has 1 aliphatic heterocycles. The van der Waals surface area contributed by atoms with Crippen molar-refractivity contribution in [3.05, 3.63) is 22.7 Å². The molecule has 0 radical (unpaired) electrons. The largest absolute Gasteiger partial charge is 0.397 e. The van der Waals surface area contributed by atoms with E-state index >= 15 is 0 Å². The van der Waals surface area contributed by atoms with Crippen LogP contribution in [-0.4, -0.2) is 45.2 Å². The maximum absolute atomic E-state index is 5.99. The average Bonchev–Trinajstić information content (AvgIpc) is 2.43. The molecule has 0 atom stereocenters. The highest BCUT2D eigenvalue weighted by molar-refractivity contribution is 9.10. The summed E-state index contributed by atoms with van der Waals surface area (Å²) in [5, 5.41) is 0. The molecule has 1 saturated heterocycles. The van der Waals surface area contributed by atoms with Gasteiger partial charge >= 0.3 is 0 Å². The van der Waals surface area contributed by atoms with Crippen LogP contribution in [0.3, 0.4) is 0 Å². The maximum Gasteiger partial charge on any atom is 0.0611 e. The lowest BCUT2D eigenvalue weighted by molar-refractivity contribution is 0.420. The average molecular weight is 357 g/mol. The molecule has 2 rings (SSSR count). The first-order valence-corrected chi connectivity index (χ1v) is 8.38. The van der Waals surface area contributed by atoms with Crippen LogP contribution < -0.4 is 16.4 Å². The minimum Gasteiger partial charge on any atom is -0.397 e. The summed E-state index contributed by atoms with van der Waals surface area (Å²) in [6.07, 6.45) is 2.54. The number of nitrogens with two attached hydrogens (primary N) is 2. The summed E-state index contributed by atoms with van der Waals surface area (Å²) in [6.45, 7) is 6.32. The summed E-state index contributed by atoms with van der Waals surface area (Å²) in [6, 6.07) is 6.08. The summed E-state index contributed by atoms with van der Waals surface area (Å²) < 4.78 is 1.10. The van der Waals surface area contributed by atoms with E-state index in [0.717, 1.165) is 42.3 Å². The molecule has 4 N–H and O–H groups in total. The van der Waals surface area contributed by atoms with Crippen LogP contribution in [0.1, 0.15) is 19.8 Å². The van der Waals surface area contributed by atoms with Crippen LogP contribution in [0.5, 0.6) is 0 Å². The fourth-order valence-corrected chi connectivity index (χ4v) is 2.65. The lowest BCUT2D eigenvalue weighted by Crippen LogP contribution is -2.33. The highest BCUT2D eigenvalue weighted by Gasteiger charge is 2.17. The van der Waals surface area contributed by atoms with Crippen molar-refractivity contribution >= 4 is 27.3 Å². The summed E-state index contributed by atoms with van der Waals surface area (Å²) in [4.78, 5) is 4.44. The topological polar surface area (TPSA) is 58.5 Å². The van der Waals surface area contributed by atoms with E-state index < -0.39 is 0 Å². The van der Waals surface area contributed by atoms with E-state index in [1.54, 1.807) is 0 Å². The van der Waals surface area contributed by atoms with Gasteiger partial charge < -0.3 is 21.3 Å². The molecule has 1 aromatic carbocycles. The number of piperidine rings is 1. The smallest absolute Gasteiger partial charge is 0.0611 e. The van der Waals surface area contributed by atoms with Gasteiger partial charge in [-0.05, 0) is 51.1 Å². The van der Waals surface area contributed by atoms with Gasteiger partial charge in [-0.1, -0.05) is 22.9 Å². The van der Waals surface area contributed by atoms with Crippen LogP contribution in [-0.2, 0) is 0 Å². The Bertz CT molecular complexity index is 415. The van der Waals surface area contributed by atoms with Gasteiger partial charge in [-0.25, -0.2) is 0 Å². The van der Waals surface area contributed by atoms with E-state index in [4.69, 9.17) is 11.5 Å². The number of halogens is 1. The molecule has 0 amide bonds. The second-order valence-electron chi connectivity index (χ2n) is 5.96. The first-order valence-electron chi connectivity index (χ1n) is 7.58. The normalized spacial score (nSPS) is 15.8. The summed E-state index contributed by atoms with van der Waals surface area (Å²) in [5.74, 6) is 0.856. The molecule has 4 nitrogen and oxygen atoms in total. The van der Waals surface area contributed by atoms with E-state index in [9.17, 15) is 0 Å². The zero-order valence-corrected chi connectivity index (χ0v) is 15.1. The first-order chi connectivity index (χ1) is 9.93. The number of nitrogens with zero attached hydrogens (tertiary/aromatic N) is 2. The fourth-order valence-electron chi connectivity index (χ4n) is 2.30. The van der Waals surface area contributed by atoms with Gasteiger partial charge in [0.05, 0.1) is 11.4 Å². The Balaban J connectivity index is 0.000000315. The number of rotatable bonds is 3. The van der Waals surface area contributed by atoms with Gasteiger partial charge in [0.1, 0.15) is 0 Å². The van der Waals surface area contributed by atoms with Crippen LogP contribution in [0.4, 0.5) is 11.4 Å². The lowest BCUT2D eigenvalue weighted by Gasteiger charge is -2.33. The number of hydrogen-bond donors (Lipinski definition) is 2. The molecule has 1 heterocycles. The van der Waals surface area contributed by atoms with Gasteiger partial charge in [0.25, 0.3) is 0 Å². The molecule has 1 fully saturated rings. The maximum atomic E-state index is 5.99. The van der Waals surface area contributed by atoms with Gasteiger partial charge in [-0.15, -0.1) is 0 Å². The van der Waals surface area contributed by atoms with Crippen LogP contribution in [0, 0.1) is 5.92 Å². The SMILES string of the molecule is CC1CCN(c2cc(Br)ccc2N)CC1.CN(C)CCN. The molecule has 1 aliphatic rings. The van der Waals surface area contributed by atoms with E-state index in [-0.39, 0.29) is 0 Å². The third kappa shape index (κ3) is 6.68. The predicted octanol–water partition coefficient (Wildman–Crippen LogP) is 2.77. The molecule has 0 bridgehead atoms. The third-order valence-electron chi connectivity index (χ3n) is 3.69. The number of anilines is 2. The van der Waals surface area contributed by atoms with Crippen molar-refractivity contribution < 1.29 is 0 Å². The molecule has 1 aromatic rings. The molecule has 21 heavy (non-hydrogen) atoms. The molecule has 0 unspecified atom stereocenters. The number of hydrogen-bond acceptors (Lipinski definition) is 4. The second kappa shape index (κ2) is 9.28. The van der Waals surface area contributed by atoms with Gasteiger partial charge in [0.2, 0.25) is 0 Å². The van der Waals surface area contributed by atoms with Crippen LogP contribution in [0.25, 0.3) is 0 Å². The second-order valence-corrected chi connectivity index (χ2v) is 6.88. The van der Waals surface area contributed by atoms with E-state index in [2.05, 4.69) is 38.7 Å². The monoisotopic (exact) mass is 356 g/mol. The predicted molar refractivity (Wildman–Crippen MR) is 96.8 cm³/mol. The van der Waals surface area contributed by atoms with Crippen molar-refractivity contribution in [2.24, 2.45) is 11.7 Å². The van der Waals surface area contributed by atoms with Crippen LogP contribution in [0.15, 0.2) is 22.7 Å². The number of benzene rings is 1. The highest BCUT2D eigenvalue weighted by atomic mass is 79.9. The molecule has 0 aliphatic carbocycles. The first kappa shape index (κ1) is 18.3. The van der Waals surface area contributed by atoms with Crippen molar-refractivity contribution in [3.8, 4) is 0 Å². The minimum absolute atomic E-state index is 0.757. The van der Waals surface area contributed by atoms with Crippen molar-refractivity contribution in [2.45, 2.75) is 19.8 Å². The van der Waals surface area contributed by atoms with E-state index in [1.807, 2.05) is 26.2 Å². The molecule has 0 aromatic heterocycles. The molecular formula is C16H29BrN4. The zero-order chi connectivity index (χ0) is 15.8. The molecule has 0 spiro atoms. The Morgan fingerprint density at radius 3 is 2.38 bits per heavy atom. The van der Waals surface area contributed by atoms with E-state index in [0.29, 0.717) is 0 Å².